The number of thiol groups is 1. The molecule has 0 saturated heterocycles. The molecule has 4 atom stereocenters. The standard InChI is InChI=1S/C11H16O6S2/c1-19-11(15)17-7-3-2-6(16-10(14)18)4-8(12)9(13)5-7/h2-3,6-9,12-13H,4-5H2,1H3,(H,14,18)/b3-2+. The van der Waals surface area contributed by atoms with Gasteiger partial charge in [-0.2, -0.15) is 0 Å². The molecule has 0 aromatic rings. The van der Waals surface area contributed by atoms with Crippen molar-refractivity contribution in [3.05, 3.63) is 12.2 Å². The van der Waals surface area contributed by atoms with Crippen LogP contribution in [0.15, 0.2) is 12.2 Å². The fourth-order valence-corrected chi connectivity index (χ4v) is 2.03. The normalized spacial score (nSPS) is 32.8. The zero-order chi connectivity index (χ0) is 14.4. The van der Waals surface area contributed by atoms with Gasteiger partial charge in [-0.15, -0.1) is 0 Å². The molecule has 6 nitrogen and oxygen atoms in total. The third-order valence-electron chi connectivity index (χ3n) is 2.60. The van der Waals surface area contributed by atoms with Gasteiger partial charge in [0.15, 0.2) is 0 Å². The first kappa shape index (κ1) is 16.4. The van der Waals surface area contributed by atoms with Crippen LogP contribution in [0.25, 0.3) is 0 Å². The highest BCUT2D eigenvalue weighted by molar-refractivity contribution is 8.12. The van der Waals surface area contributed by atoms with Gasteiger partial charge >= 0.3 is 10.6 Å². The molecule has 8 heteroatoms. The maximum Gasteiger partial charge on any atom is 0.367 e. The smallest absolute Gasteiger partial charge is 0.367 e. The van der Waals surface area contributed by atoms with E-state index in [1.807, 2.05) is 0 Å². The van der Waals surface area contributed by atoms with Crippen molar-refractivity contribution in [2.45, 2.75) is 37.3 Å². The summed E-state index contributed by atoms with van der Waals surface area (Å²) in [5, 5.41) is 18.2. The molecule has 19 heavy (non-hydrogen) atoms. The average molecular weight is 308 g/mol. The molecule has 108 valence electrons. The molecule has 0 amide bonds. The summed E-state index contributed by atoms with van der Waals surface area (Å²) in [6.07, 6.45) is 1.25. The SMILES string of the molecule is CSC(=O)OC1/C=C/C(OC(=O)S)CC(O)C(O)C1. The van der Waals surface area contributed by atoms with E-state index in [1.165, 1.54) is 12.2 Å². The van der Waals surface area contributed by atoms with Crippen molar-refractivity contribution in [1.29, 1.82) is 0 Å². The van der Waals surface area contributed by atoms with Gasteiger partial charge in [-0.1, -0.05) is 12.6 Å². The number of hydrogen-bond acceptors (Lipinski definition) is 7. The van der Waals surface area contributed by atoms with Gasteiger partial charge in [-0.3, -0.25) is 0 Å². The minimum Gasteiger partial charge on any atom is -0.450 e. The van der Waals surface area contributed by atoms with Crippen LogP contribution in [0.3, 0.4) is 0 Å². The first-order valence-electron chi connectivity index (χ1n) is 5.61. The number of carbonyl (C=O) groups excluding carboxylic acids is 2. The Morgan fingerprint density at radius 1 is 1.16 bits per heavy atom. The van der Waals surface area contributed by atoms with E-state index < -0.39 is 35.0 Å². The van der Waals surface area contributed by atoms with Crippen molar-refractivity contribution < 1.29 is 29.3 Å². The van der Waals surface area contributed by atoms with Crippen molar-refractivity contribution in [3.63, 3.8) is 0 Å². The third kappa shape index (κ3) is 5.85. The van der Waals surface area contributed by atoms with E-state index >= 15 is 0 Å². The molecule has 0 heterocycles. The lowest BCUT2D eigenvalue weighted by atomic mass is 9.97. The Balaban J connectivity index is 2.75. The average Bonchev–Trinajstić information content (AvgIpc) is 2.33. The number of thioether (sulfide) groups is 1. The predicted octanol–water partition coefficient (Wildman–Crippen LogP) is 1.36. The van der Waals surface area contributed by atoms with Crippen molar-refractivity contribution in [1.82, 2.24) is 0 Å². The fourth-order valence-electron chi connectivity index (χ4n) is 1.67. The van der Waals surface area contributed by atoms with Gasteiger partial charge in [0.1, 0.15) is 12.2 Å². The molecule has 1 aliphatic rings. The zero-order valence-electron chi connectivity index (χ0n) is 10.3. The summed E-state index contributed by atoms with van der Waals surface area (Å²) in [4.78, 5) is 22.0. The van der Waals surface area contributed by atoms with Crippen LogP contribution in [0.2, 0.25) is 0 Å². The van der Waals surface area contributed by atoms with E-state index in [-0.39, 0.29) is 12.8 Å². The number of aliphatic hydroxyl groups excluding tert-OH is 2. The van der Waals surface area contributed by atoms with Gasteiger partial charge in [0.25, 0.3) is 0 Å². The summed E-state index contributed by atoms with van der Waals surface area (Å²) in [5.41, 5.74) is 0. The van der Waals surface area contributed by atoms with Gasteiger partial charge in [-0.25, -0.2) is 9.59 Å². The number of carbonyl (C=O) groups is 2. The summed E-state index contributed by atoms with van der Waals surface area (Å²) in [7, 11) is 0. The summed E-state index contributed by atoms with van der Waals surface area (Å²) in [6, 6.07) is 0. The molecule has 1 rings (SSSR count). The van der Waals surface area contributed by atoms with E-state index in [0.29, 0.717) is 0 Å². The third-order valence-corrected chi connectivity index (χ3v) is 3.13. The number of rotatable bonds is 2. The number of hydrogen-bond donors (Lipinski definition) is 3. The largest absolute Gasteiger partial charge is 0.450 e. The molecule has 2 N–H and O–H groups in total. The maximum absolute atomic E-state index is 11.2. The Labute approximate surface area is 120 Å². The predicted molar refractivity (Wildman–Crippen MR) is 73.4 cm³/mol. The monoisotopic (exact) mass is 308 g/mol. The zero-order valence-corrected chi connectivity index (χ0v) is 12.0. The van der Waals surface area contributed by atoms with Crippen molar-refractivity contribution >= 4 is 35.0 Å². The van der Waals surface area contributed by atoms with Crippen LogP contribution in [0, 0.1) is 0 Å². The Kier molecular flexibility index (Phi) is 6.70. The van der Waals surface area contributed by atoms with Crippen molar-refractivity contribution in [3.8, 4) is 0 Å². The highest BCUT2D eigenvalue weighted by atomic mass is 32.2. The van der Waals surface area contributed by atoms with Gasteiger partial charge in [0.2, 0.25) is 0 Å². The second kappa shape index (κ2) is 7.78. The van der Waals surface area contributed by atoms with Crippen LogP contribution in [0.5, 0.6) is 0 Å². The quantitative estimate of drug-likeness (QED) is 0.403. The van der Waals surface area contributed by atoms with Gasteiger partial charge < -0.3 is 19.7 Å². The summed E-state index contributed by atoms with van der Waals surface area (Å²) in [6.45, 7) is 0. The lowest BCUT2D eigenvalue weighted by Gasteiger charge is -2.26. The number of ether oxygens (including phenoxy) is 2. The first-order valence-corrected chi connectivity index (χ1v) is 7.28. The van der Waals surface area contributed by atoms with Gasteiger partial charge in [0, 0.05) is 12.8 Å². The van der Waals surface area contributed by atoms with Crippen LogP contribution in [-0.2, 0) is 9.47 Å². The molecule has 0 spiro atoms. The second-order valence-electron chi connectivity index (χ2n) is 4.02. The van der Waals surface area contributed by atoms with Gasteiger partial charge in [-0.05, 0) is 30.2 Å². The Hall–Kier alpha value is -0.700. The molecule has 0 aliphatic heterocycles. The highest BCUT2D eigenvalue weighted by Gasteiger charge is 2.28. The van der Waals surface area contributed by atoms with Crippen molar-refractivity contribution in [2.24, 2.45) is 0 Å². The van der Waals surface area contributed by atoms with Crippen LogP contribution in [0.1, 0.15) is 12.8 Å². The summed E-state index contributed by atoms with van der Waals surface area (Å²) >= 11 is 4.39. The topological polar surface area (TPSA) is 93.1 Å². The molecule has 0 saturated carbocycles. The van der Waals surface area contributed by atoms with Crippen molar-refractivity contribution in [2.75, 3.05) is 6.26 Å². The fraction of sp³-hybridized carbons (Fsp3) is 0.636. The molecular formula is C11H16O6S2. The molecule has 0 bridgehead atoms. The van der Waals surface area contributed by atoms with E-state index in [9.17, 15) is 19.8 Å². The molecule has 1 aliphatic carbocycles. The molecule has 0 aromatic heterocycles. The molecule has 0 aromatic carbocycles. The van der Waals surface area contributed by atoms with E-state index in [0.717, 1.165) is 11.8 Å². The first-order chi connectivity index (χ1) is 8.92. The summed E-state index contributed by atoms with van der Waals surface area (Å²) in [5.74, 6) is 0. The Morgan fingerprint density at radius 3 is 2.05 bits per heavy atom. The van der Waals surface area contributed by atoms with Crippen LogP contribution in [0.4, 0.5) is 9.59 Å². The minimum absolute atomic E-state index is 0.0627. The lowest BCUT2D eigenvalue weighted by Crippen LogP contribution is -2.36. The Morgan fingerprint density at radius 2 is 1.63 bits per heavy atom. The number of aliphatic hydroxyl groups is 2. The van der Waals surface area contributed by atoms with E-state index in [2.05, 4.69) is 12.6 Å². The molecule has 0 radical (unpaired) electrons. The molecular weight excluding hydrogens is 292 g/mol. The second-order valence-corrected chi connectivity index (χ2v) is 5.13. The summed E-state index contributed by atoms with van der Waals surface area (Å²) < 4.78 is 9.90. The molecule has 4 unspecified atom stereocenters. The Bertz CT molecular complexity index is 359. The van der Waals surface area contributed by atoms with E-state index in [4.69, 9.17) is 9.47 Å². The highest BCUT2D eigenvalue weighted by Crippen LogP contribution is 2.20. The maximum atomic E-state index is 11.2. The van der Waals surface area contributed by atoms with Crippen LogP contribution < -0.4 is 0 Å². The van der Waals surface area contributed by atoms with Crippen LogP contribution >= 0.6 is 24.4 Å². The van der Waals surface area contributed by atoms with E-state index in [1.54, 1.807) is 6.26 Å². The van der Waals surface area contributed by atoms with Gasteiger partial charge in [0.05, 0.1) is 12.2 Å². The molecule has 0 fully saturated rings. The van der Waals surface area contributed by atoms with Crippen LogP contribution in [-0.4, -0.2) is 51.5 Å². The minimum atomic E-state index is -1.07. The lowest BCUT2D eigenvalue weighted by molar-refractivity contribution is -0.0270.